The lowest BCUT2D eigenvalue weighted by molar-refractivity contribution is 1.04. The van der Waals surface area contributed by atoms with Crippen LogP contribution >= 0.6 is 0 Å². The average Bonchev–Trinajstić information content (AvgIpc) is 4.00. The third kappa shape index (κ3) is 5.34. The number of para-hydroxylation sites is 2. The van der Waals surface area contributed by atoms with E-state index in [0.717, 1.165) is 99.7 Å². The molecule has 0 bridgehead atoms. The van der Waals surface area contributed by atoms with E-state index in [-0.39, 0.29) is 0 Å². The average molecular weight is 809 g/mol. The Morgan fingerprint density at radius 3 is 1.02 bits per heavy atom. The summed E-state index contributed by atoms with van der Waals surface area (Å²) in [6, 6.07) is 58.2. The zero-order valence-electron chi connectivity index (χ0n) is 33.4. The van der Waals surface area contributed by atoms with Gasteiger partial charge in [0.1, 0.15) is 22.1 Å². The van der Waals surface area contributed by atoms with Gasteiger partial charge in [-0.15, -0.1) is 0 Å². The molecule has 0 spiro atoms. The van der Waals surface area contributed by atoms with Gasteiger partial charge < -0.3 is 13.7 Å². The Morgan fingerprint density at radius 1 is 0.286 bits per heavy atom. The van der Waals surface area contributed by atoms with E-state index in [0.29, 0.717) is 17.5 Å². The largest absolute Gasteiger partial charge is 0.305 e. The highest BCUT2D eigenvalue weighted by atomic mass is 15.1. The molecule has 0 N–H and O–H groups in total. The molecule has 0 saturated heterocycles. The molecule has 294 valence electrons. The van der Waals surface area contributed by atoms with Gasteiger partial charge in [0.15, 0.2) is 17.5 Å². The number of hydrogen-bond acceptors (Lipinski definition) is 7. The van der Waals surface area contributed by atoms with E-state index >= 15 is 0 Å². The third-order valence-corrected chi connectivity index (χ3v) is 11.9. The van der Waals surface area contributed by atoms with Crippen molar-refractivity contribution in [2.75, 3.05) is 0 Å². The highest BCUT2D eigenvalue weighted by Gasteiger charge is 2.27. The van der Waals surface area contributed by atoms with E-state index in [1.54, 1.807) is 0 Å². The SMILES string of the molecule is c1ccc(-c2nc(-c3ccccc3)nc(-c3cc(-n4c5cccnc5c5ncccc54)c(-n4c5ccccc5c5ccccc54)c(-n4c5cccnc5c5ncccc54)c3)n2)cc1. The smallest absolute Gasteiger partial charge is 0.164 e. The molecule has 0 aliphatic rings. The molecule has 0 aliphatic heterocycles. The molecule has 0 atom stereocenters. The van der Waals surface area contributed by atoms with Crippen molar-refractivity contribution in [2.24, 2.45) is 0 Å². The zero-order chi connectivity index (χ0) is 41.4. The van der Waals surface area contributed by atoms with Crippen molar-refractivity contribution in [3.8, 4) is 51.2 Å². The van der Waals surface area contributed by atoms with Crippen molar-refractivity contribution in [3.63, 3.8) is 0 Å². The summed E-state index contributed by atoms with van der Waals surface area (Å²) in [5.41, 5.74) is 14.2. The van der Waals surface area contributed by atoms with Crippen LogP contribution in [-0.4, -0.2) is 48.6 Å². The quantitative estimate of drug-likeness (QED) is 0.165. The van der Waals surface area contributed by atoms with Gasteiger partial charge in [0, 0.05) is 52.3 Å². The van der Waals surface area contributed by atoms with Crippen molar-refractivity contribution in [2.45, 2.75) is 0 Å². The summed E-state index contributed by atoms with van der Waals surface area (Å²) in [5.74, 6) is 1.67. The summed E-state index contributed by atoms with van der Waals surface area (Å²) in [4.78, 5) is 35.4. The van der Waals surface area contributed by atoms with Crippen molar-refractivity contribution in [1.82, 2.24) is 48.6 Å². The fourth-order valence-corrected chi connectivity index (χ4v) is 9.22. The summed E-state index contributed by atoms with van der Waals surface area (Å²) >= 11 is 0. The second-order valence-corrected chi connectivity index (χ2v) is 15.4. The molecule has 63 heavy (non-hydrogen) atoms. The van der Waals surface area contributed by atoms with Gasteiger partial charge in [0.25, 0.3) is 0 Å². The molecule has 0 radical (unpaired) electrons. The van der Waals surface area contributed by atoms with E-state index in [2.05, 4.69) is 98.6 Å². The van der Waals surface area contributed by atoms with E-state index in [1.165, 1.54) is 0 Å². The zero-order valence-corrected chi connectivity index (χ0v) is 33.4. The van der Waals surface area contributed by atoms with Crippen LogP contribution in [0.1, 0.15) is 0 Å². The molecule has 5 aromatic carbocycles. The van der Waals surface area contributed by atoms with Crippen LogP contribution in [0.4, 0.5) is 0 Å². The number of pyridine rings is 4. The number of hydrogen-bond donors (Lipinski definition) is 0. The van der Waals surface area contributed by atoms with Crippen LogP contribution in [0.15, 0.2) is 195 Å². The third-order valence-electron chi connectivity index (χ3n) is 11.9. The molecule has 0 saturated carbocycles. The maximum Gasteiger partial charge on any atom is 0.164 e. The molecule has 13 rings (SSSR count). The maximum absolute atomic E-state index is 5.29. The van der Waals surface area contributed by atoms with Gasteiger partial charge in [0.2, 0.25) is 0 Å². The molecular weight excluding hydrogens is 777 g/mol. The molecule has 8 aromatic heterocycles. The van der Waals surface area contributed by atoms with Gasteiger partial charge in [-0.05, 0) is 72.8 Å². The maximum atomic E-state index is 5.29. The summed E-state index contributed by atoms with van der Waals surface area (Å²) in [6.07, 6.45) is 7.32. The lowest BCUT2D eigenvalue weighted by atomic mass is 10.1. The fourth-order valence-electron chi connectivity index (χ4n) is 9.22. The minimum atomic E-state index is 0.521. The topological polar surface area (TPSA) is 105 Å². The minimum Gasteiger partial charge on any atom is -0.305 e. The monoisotopic (exact) mass is 808 g/mol. The van der Waals surface area contributed by atoms with Gasteiger partial charge in [-0.3, -0.25) is 19.9 Å². The fraction of sp³-hybridized carbons (Fsp3) is 0. The van der Waals surface area contributed by atoms with Crippen LogP contribution in [-0.2, 0) is 0 Å². The van der Waals surface area contributed by atoms with E-state index in [4.69, 9.17) is 34.9 Å². The van der Waals surface area contributed by atoms with E-state index in [9.17, 15) is 0 Å². The Labute approximate surface area is 359 Å². The van der Waals surface area contributed by atoms with E-state index < -0.39 is 0 Å². The molecule has 0 amide bonds. The molecule has 10 nitrogen and oxygen atoms in total. The van der Waals surface area contributed by atoms with Crippen molar-refractivity contribution < 1.29 is 0 Å². The first-order valence-corrected chi connectivity index (χ1v) is 20.7. The number of fused-ring (bicyclic) bond motifs is 9. The van der Waals surface area contributed by atoms with Gasteiger partial charge >= 0.3 is 0 Å². The molecule has 13 aromatic rings. The molecule has 8 heterocycles. The highest BCUT2D eigenvalue weighted by molar-refractivity contribution is 6.12. The Hall–Kier alpha value is -8.89. The van der Waals surface area contributed by atoms with Gasteiger partial charge in [-0.1, -0.05) is 97.1 Å². The van der Waals surface area contributed by atoms with Crippen LogP contribution in [0.2, 0.25) is 0 Å². The normalized spacial score (nSPS) is 11.8. The number of rotatable bonds is 6. The Balaban J connectivity index is 1.26. The number of nitrogens with zero attached hydrogens (tertiary/aromatic N) is 10. The molecule has 10 heteroatoms. The van der Waals surface area contributed by atoms with Gasteiger partial charge in [-0.25, -0.2) is 15.0 Å². The summed E-state index contributed by atoms with van der Waals surface area (Å²) in [6.45, 7) is 0. The number of aromatic nitrogens is 10. The first kappa shape index (κ1) is 34.9. The highest BCUT2D eigenvalue weighted by Crippen LogP contribution is 2.44. The van der Waals surface area contributed by atoms with Crippen molar-refractivity contribution in [1.29, 1.82) is 0 Å². The van der Waals surface area contributed by atoms with Crippen LogP contribution < -0.4 is 0 Å². The molecule has 0 fully saturated rings. The van der Waals surface area contributed by atoms with Crippen molar-refractivity contribution in [3.05, 3.63) is 195 Å². The Morgan fingerprint density at radius 2 is 0.619 bits per heavy atom. The molecule has 0 aliphatic carbocycles. The summed E-state index contributed by atoms with van der Waals surface area (Å²) in [5, 5.41) is 2.28. The minimum absolute atomic E-state index is 0.521. The lowest BCUT2D eigenvalue weighted by Crippen LogP contribution is -2.10. The molecule has 0 unspecified atom stereocenters. The van der Waals surface area contributed by atoms with E-state index in [1.807, 2.05) is 110 Å². The second kappa shape index (κ2) is 13.8. The number of benzene rings is 5. The summed E-state index contributed by atoms with van der Waals surface area (Å²) < 4.78 is 6.97. The van der Waals surface area contributed by atoms with Crippen LogP contribution in [0.25, 0.3) is 117 Å². The first-order chi connectivity index (χ1) is 31.3. The standard InChI is InChI=1S/C53H32N10/c1-3-15-33(16-4-1)51-58-52(34-17-5-2-6-18-34)60-53(59-51)35-31-44(61-40-23-11-27-54-46(40)47-41(61)24-12-28-55-47)50(63-38-21-9-7-19-36(38)37-20-8-10-22-39(37)63)45(32-35)62-42-25-13-29-56-48(42)49-43(62)26-14-30-57-49/h1-32H. The van der Waals surface area contributed by atoms with Crippen LogP contribution in [0.3, 0.4) is 0 Å². The first-order valence-electron chi connectivity index (χ1n) is 20.7. The Bertz CT molecular complexity index is 3570. The van der Waals surface area contributed by atoms with Crippen LogP contribution in [0, 0.1) is 0 Å². The summed E-state index contributed by atoms with van der Waals surface area (Å²) in [7, 11) is 0. The van der Waals surface area contributed by atoms with Crippen molar-refractivity contribution >= 4 is 65.9 Å². The van der Waals surface area contributed by atoms with Gasteiger partial charge in [-0.2, -0.15) is 0 Å². The second-order valence-electron chi connectivity index (χ2n) is 15.4. The lowest BCUT2D eigenvalue weighted by Gasteiger charge is -2.23. The Kier molecular flexibility index (Phi) is 7.67. The predicted molar refractivity (Wildman–Crippen MR) is 250 cm³/mol. The van der Waals surface area contributed by atoms with Gasteiger partial charge in [0.05, 0.1) is 50.2 Å². The predicted octanol–water partition coefficient (Wildman–Crippen LogP) is 11.7. The van der Waals surface area contributed by atoms with Crippen LogP contribution in [0.5, 0.6) is 0 Å². The molecular formula is C53H32N10.